The molecule has 3 aromatic carbocycles. The van der Waals surface area contributed by atoms with Crippen LogP contribution < -0.4 is 4.74 Å². The molecule has 1 aliphatic heterocycles. The van der Waals surface area contributed by atoms with Gasteiger partial charge < -0.3 is 14.6 Å². The Hall–Kier alpha value is -2.96. The van der Waals surface area contributed by atoms with Gasteiger partial charge in [0.15, 0.2) is 11.6 Å². The Morgan fingerprint density at radius 3 is 2.79 bits per heavy atom. The van der Waals surface area contributed by atoms with Crippen molar-refractivity contribution in [1.82, 2.24) is 4.90 Å². The number of ether oxygens (including phenoxy) is 2. The van der Waals surface area contributed by atoms with Crippen molar-refractivity contribution in [2.24, 2.45) is 0 Å². The first kappa shape index (κ1) is 19.4. The number of carboxylic acid groups (broad SMARTS) is 1. The molecule has 1 N–H and O–H groups in total. The summed E-state index contributed by atoms with van der Waals surface area (Å²) >= 11 is 0. The quantitative estimate of drug-likeness (QED) is 0.702. The molecule has 1 saturated heterocycles. The lowest BCUT2D eigenvalue weighted by molar-refractivity contribution is -0.147. The second-order valence-electron chi connectivity index (χ2n) is 7.06. The molecule has 150 valence electrons. The Kier molecular flexibility index (Phi) is 5.47. The molecular weight excluding hydrogens is 373 g/mol. The molecule has 5 nitrogen and oxygen atoms in total. The molecule has 2 unspecified atom stereocenters. The highest BCUT2D eigenvalue weighted by atomic mass is 19.1. The maximum Gasteiger partial charge on any atom is 0.325 e. The molecule has 0 spiro atoms. The molecule has 3 aromatic rings. The highest BCUT2D eigenvalue weighted by Gasteiger charge is 2.33. The Morgan fingerprint density at radius 1 is 1.21 bits per heavy atom. The van der Waals surface area contributed by atoms with Crippen molar-refractivity contribution in [1.29, 1.82) is 0 Å². The lowest BCUT2D eigenvalue weighted by Crippen LogP contribution is -2.43. The van der Waals surface area contributed by atoms with Gasteiger partial charge in [0.05, 0.1) is 19.8 Å². The molecule has 0 radical (unpaired) electrons. The lowest BCUT2D eigenvalue weighted by atomic mass is 9.96. The third kappa shape index (κ3) is 3.81. The van der Waals surface area contributed by atoms with Gasteiger partial charge >= 0.3 is 5.97 Å². The number of methoxy groups -OCH3 is 1. The number of hydrogen-bond acceptors (Lipinski definition) is 4. The van der Waals surface area contributed by atoms with Crippen molar-refractivity contribution in [2.75, 3.05) is 26.8 Å². The number of fused-ring (bicyclic) bond motifs is 1. The minimum absolute atomic E-state index is 0.145. The largest absolute Gasteiger partial charge is 0.494 e. The number of halogens is 1. The topological polar surface area (TPSA) is 59.0 Å². The van der Waals surface area contributed by atoms with Gasteiger partial charge in [0.1, 0.15) is 6.04 Å². The van der Waals surface area contributed by atoms with Crippen LogP contribution in [-0.4, -0.2) is 42.8 Å². The molecule has 0 aromatic heterocycles. The van der Waals surface area contributed by atoms with Crippen LogP contribution in [0.15, 0.2) is 60.7 Å². The van der Waals surface area contributed by atoms with E-state index in [2.05, 4.69) is 0 Å². The second kappa shape index (κ2) is 8.19. The summed E-state index contributed by atoms with van der Waals surface area (Å²) in [5, 5.41) is 12.0. The molecule has 0 saturated carbocycles. The summed E-state index contributed by atoms with van der Waals surface area (Å²) in [6.45, 7) is 1.27. The zero-order valence-electron chi connectivity index (χ0n) is 16.0. The van der Waals surface area contributed by atoms with Gasteiger partial charge in [-0.3, -0.25) is 9.69 Å². The SMILES string of the molecule is COc1cc(C2CN(C(C(=O)O)c3cccc4ccccc34)CCO2)ccc1F. The number of carboxylic acids is 1. The summed E-state index contributed by atoms with van der Waals surface area (Å²) in [4.78, 5) is 14.2. The van der Waals surface area contributed by atoms with Crippen molar-refractivity contribution < 1.29 is 23.8 Å². The molecule has 0 bridgehead atoms. The number of morpholine rings is 1. The third-order valence-corrected chi connectivity index (χ3v) is 5.36. The molecule has 4 rings (SSSR count). The fraction of sp³-hybridized carbons (Fsp3) is 0.261. The first-order valence-corrected chi connectivity index (χ1v) is 9.48. The van der Waals surface area contributed by atoms with Gasteiger partial charge in [0, 0.05) is 13.1 Å². The average molecular weight is 395 g/mol. The van der Waals surface area contributed by atoms with Crippen molar-refractivity contribution in [3.8, 4) is 5.75 Å². The van der Waals surface area contributed by atoms with Crippen molar-refractivity contribution in [3.05, 3.63) is 77.6 Å². The van der Waals surface area contributed by atoms with Gasteiger partial charge in [-0.1, -0.05) is 48.5 Å². The molecule has 1 heterocycles. The standard InChI is InChI=1S/C23H22FNO4/c1-28-20-13-16(9-10-19(20)24)21-14-25(11-12-29-21)22(23(26)27)18-8-4-6-15-5-2-3-7-17(15)18/h2-10,13,21-22H,11-12,14H2,1H3,(H,26,27). The van der Waals surface area contributed by atoms with Crippen molar-refractivity contribution >= 4 is 16.7 Å². The van der Waals surface area contributed by atoms with Crippen LogP contribution in [0.3, 0.4) is 0 Å². The van der Waals surface area contributed by atoms with E-state index in [4.69, 9.17) is 9.47 Å². The summed E-state index contributed by atoms with van der Waals surface area (Å²) in [5.74, 6) is -1.20. The predicted molar refractivity (Wildman–Crippen MR) is 108 cm³/mol. The smallest absolute Gasteiger partial charge is 0.325 e. The van der Waals surface area contributed by atoms with Gasteiger partial charge in [-0.25, -0.2) is 4.39 Å². The van der Waals surface area contributed by atoms with Crippen LogP contribution in [0.25, 0.3) is 10.8 Å². The van der Waals surface area contributed by atoms with Crippen LogP contribution in [0.1, 0.15) is 23.3 Å². The zero-order chi connectivity index (χ0) is 20.4. The Balaban J connectivity index is 1.67. The minimum atomic E-state index is -0.904. The molecule has 2 atom stereocenters. The molecule has 1 aliphatic rings. The van der Waals surface area contributed by atoms with Crippen LogP contribution in [0.2, 0.25) is 0 Å². The summed E-state index contributed by atoms with van der Waals surface area (Å²) in [5.41, 5.74) is 1.52. The van der Waals surface area contributed by atoms with Crippen LogP contribution in [0.5, 0.6) is 5.75 Å². The normalized spacial score (nSPS) is 18.5. The highest BCUT2D eigenvalue weighted by Crippen LogP contribution is 2.34. The van der Waals surface area contributed by atoms with E-state index in [1.165, 1.54) is 13.2 Å². The Morgan fingerprint density at radius 2 is 2.00 bits per heavy atom. The summed E-state index contributed by atoms with van der Waals surface area (Å²) in [6, 6.07) is 17.3. The third-order valence-electron chi connectivity index (χ3n) is 5.36. The maximum absolute atomic E-state index is 13.8. The number of aliphatic carboxylic acids is 1. The number of rotatable bonds is 5. The monoisotopic (exact) mass is 395 g/mol. The first-order valence-electron chi connectivity index (χ1n) is 9.48. The van der Waals surface area contributed by atoms with E-state index in [0.717, 1.165) is 21.9 Å². The molecular formula is C23H22FNO4. The Bertz CT molecular complexity index is 1030. The predicted octanol–water partition coefficient (Wildman–Crippen LogP) is 4.19. The van der Waals surface area contributed by atoms with Crippen molar-refractivity contribution in [2.45, 2.75) is 12.1 Å². The van der Waals surface area contributed by atoms with Crippen LogP contribution in [0.4, 0.5) is 4.39 Å². The fourth-order valence-corrected chi connectivity index (χ4v) is 3.96. The molecule has 0 aliphatic carbocycles. The summed E-state index contributed by atoms with van der Waals surface area (Å²) in [6.07, 6.45) is -0.366. The van der Waals surface area contributed by atoms with E-state index in [1.807, 2.05) is 47.4 Å². The van der Waals surface area contributed by atoms with E-state index in [1.54, 1.807) is 12.1 Å². The first-order chi connectivity index (χ1) is 14.1. The van der Waals surface area contributed by atoms with Crippen molar-refractivity contribution in [3.63, 3.8) is 0 Å². The number of hydrogen-bond donors (Lipinski definition) is 1. The molecule has 6 heteroatoms. The summed E-state index contributed by atoms with van der Waals surface area (Å²) in [7, 11) is 1.41. The molecule has 29 heavy (non-hydrogen) atoms. The number of benzene rings is 3. The Labute approximate surface area is 168 Å². The van der Waals surface area contributed by atoms with Gasteiger partial charge in [0.25, 0.3) is 0 Å². The van der Waals surface area contributed by atoms with Gasteiger partial charge in [-0.05, 0) is 34.0 Å². The van der Waals surface area contributed by atoms with Crippen LogP contribution in [0, 0.1) is 5.82 Å². The maximum atomic E-state index is 13.8. The molecule has 1 fully saturated rings. The van der Waals surface area contributed by atoms with E-state index in [9.17, 15) is 14.3 Å². The molecule has 0 amide bonds. The lowest BCUT2D eigenvalue weighted by Gasteiger charge is -2.37. The number of carbonyl (C=O) groups is 1. The number of nitrogens with zero attached hydrogens (tertiary/aromatic N) is 1. The van der Waals surface area contributed by atoms with E-state index >= 15 is 0 Å². The minimum Gasteiger partial charge on any atom is -0.494 e. The highest BCUT2D eigenvalue weighted by molar-refractivity contribution is 5.90. The van der Waals surface area contributed by atoms with Gasteiger partial charge in [-0.15, -0.1) is 0 Å². The fourth-order valence-electron chi connectivity index (χ4n) is 3.96. The van der Waals surface area contributed by atoms with Crippen LogP contribution >= 0.6 is 0 Å². The van der Waals surface area contributed by atoms with E-state index in [-0.39, 0.29) is 11.9 Å². The summed E-state index contributed by atoms with van der Waals surface area (Å²) < 4.78 is 24.7. The van der Waals surface area contributed by atoms with E-state index in [0.29, 0.717) is 19.7 Å². The van der Waals surface area contributed by atoms with E-state index < -0.39 is 17.8 Å². The second-order valence-corrected chi connectivity index (χ2v) is 7.06. The van der Waals surface area contributed by atoms with Gasteiger partial charge in [-0.2, -0.15) is 0 Å². The zero-order valence-corrected chi connectivity index (χ0v) is 16.0. The van der Waals surface area contributed by atoms with Crippen LogP contribution in [-0.2, 0) is 9.53 Å². The average Bonchev–Trinajstić information content (AvgIpc) is 2.74. The van der Waals surface area contributed by atoms with Gasteiger partial charge in [0.2, 0.25) is 0 Å².